The Morgan fingerprint density at radius 2 is 2.32 bits per heavy atom. The van der Waals surface area contributed by atoms with Gasteiger partial charge in [0.1, 0.15) is 5.76 Å². The highest BCUT2D eigenvalue weighted by Gasteiger charge is 2.43. The molecule has 1 amide bonds. The number of amides is 1. The molecule has 0 N–H and O–H groups in total. The average Bonchev–Trinajstić information content (AvgIpc) is 2.97. The average molecular weight is 265 g/mol. The van der Waals surface area contributed by atoms with E-state index in [0.717, 1.165) is 38.0 Å². The summed E-state index contributed by atoms with van der Waals surface area (Å²) in [7, 11) is 1.70. The summed E-state index contributed by atoms with van der Waals surface area (Å²) in [6.45, 7) is 5.40. The minimum atomic E-state index is -0.152. The maximum absolute atomic E-state index is 12.6. The second-order valence-electron chi connectivity index (χ2n) is 5.38. The van der Waals surface area contributed by atoms with Crippen LogP contribution in [0.25, 0.3) is 0 Å². The smallest absolute Gasteiger partial charge is 0.290 e. The number of carbonyl (C=O) groups excluding carboxylic acids is 1. The Morgan fingerprint density at radius 1 is 1.53 bits per heavy atom. The Hall–Kier alpha value is -1.29. The number of rotatable bonds is 5. The predicted molar refractivity (Wildman–Crippen MR) is 73.2 cm³/mol. The van der Waals surface area contributed by atoms with Crippen LogP contribution in [0.2, 0.25) is 0 Å². The molecule has 1 atom stereocenters. The van der Waals surface area contributed by atoms with Crippen molar-refractivity contribution < 1.29 is 13.9 Å². The monoisotopic (exact) mass is 265 g/mol. The van der Waals surface area contributed by atoms with Crippen LogP contribution in [0, 0.1) is 6.92 Å². The molecule has 1 aromatic heterocycles. The highest BCUT2D eigenvalue weighted by Crippen LogP contribution is 2.35. The van der Waals surface area contributed by atoms with E-state index in [9.17, 15) is 4.79 Å². The molecule has 1 aliphatic heterocycles. The van der Waals surface area contributed by atoms with Crippen LogP contribution < -0.4 is 0 Å². The van der Waals surface area contributed by atoms with E-state index in [-0.39, 0.29) is 11.4 Å². The summed E-state index contributed by atoms with van der Waals surface area (Å²) in [5.74, 6) is 1.21. The van der Waals surface area contributed by atoms with E-state index in [0.29, 0.717) is 12.4 Å². The summed E-state index contributed by atoms with van der Waals surface area (Å²) in [5, 5.41) is 0. The van der Waals surface area contributed by atoms with Crippen LogP contribution in [0.1, 0.15) is 48.9 Å². The maximum Gasteiger partial charge on any atom is 0.290 e. The van der Waals surface area contributed by atoms with Crippen molar-refractivity contribution in [1.82, 2.24) is 4.90 Å². The van der Waals surface area contributed by atoms with Gasteiger partial charge in [0.25, 0.3) is 5.91 Å². The minimum absolute atomic E-state index is 0.00361. The number of likely N-dealkylation sites (tertiary alicyclic amines) is 1. The summed E-state index contributed by atoms with van der Waals surface area (Å²) in [4.78, 5) is 14.6. The number of nitrogens with zero attached hydrogens (tertiary/aromatic N) is 1. The molecule has 0 aliphatic carbocycles. The summed E-state index contributed by atoms with van der Waals surface area (Å²) < 4.78 is 10.9. The van der Waals surface area contributed by atoms with Gasteiger partial charge in [0.2, 0.25) is 0 Å². The van der Waals surface area contributed by atoms with Crippen LogP contribution in [0.3, 0.4) is 0 Å². The van der Waals surface area contributed by atoms with Crippen LogP contribution in [0.15, 0.2) is 16.5 Å². The van der Waals surface area contributed by atoms with Crippen LogP contribution in [0.4, 0.5) is 0 Å². The Kier molecular flexibility index (Phi) is 4.30. The molecule has 19 heavy (non-hydrogen) atoms. The zero-order chi connectivity index (χ0) is 13.9. The van der Waals surface area contributed by atoms with E-state index in [4.69, 9.17) is 9.15 Å². The number of hydrogen-bond donors (Lipinski definition) is 0. The molecule has 2 rings (SSSR count). The third-order valence-electron chi connectivity index (χ3n) is 3.92. The zero-order valence-electron chi connectivity index (χ0n) is 12.1. The summed E-state index contributed by atoms with van der Waals surface area (Å²) >= 11 is 0. The first-order valence-corrected chi connectivity index (χ1v) is 7.00. The van der Waals surface area contributed by atoms with Crippen molar-refractivity contribution in [2.75, 3.05) is 20.3 Å². The van der Waals surface area contributed by atoms with Gasteiger partial charge in [0.15, 0.2) is 5.76 Å². The molecule has 0 bridgehead atoms. The number of aryl methyl sites for hydroxylation is 1. The molecule has 1 saturated heterocycles. The first-order valence-electron chi connectivity index (χ1n) is 7.00. The molecule has 0 unspecified atom stereocenters. The molecule has 4 nitrogen and oxygen atoms in total. The number of carbonyl (C=O) groups is 1. The molecule has 4 heteroatoms. The third kappa shape index (κ3) is 2.68. The first-order chi connectivity index (χ1) is 9.13. The molecule has 0 spiro atoms. The highest BCUT2D eigenvalue weighted by atomic mass is 16.5. The van der Waals surface area contributed by atoms with Gasteiger partial charge >= 0.3 is 0 Å². The number of hydrogen-bond acceptors (Lipinski definition) is 3. The van der Waals surface area contributed by atoms with Gasteiger partial charge in [-0.05, 0) is 38.3 Å². The van der Waals surface area contributed by atoms with Gasteiger partial charge in [-0.1, -0.05) is 13.3 Å². The predicted octanol–water partition coefficient (Wildman–Crippen LogP) is 3.01. The lowest BCUT2D eigenvalue weighted by molar-refractivity contribution is 0.0232. The van der Waals surface area contributed by atoms with Crippen LogP contribution >= 0.6 is 0 Å². The Labute approximate surface area is 114 Å². The molecule has 0 radical (unpaired) electrons. The van der Waals surface area contributed by atoms with Crippen molar-refractivity contribution in [3.8, 4) is 0 Å². The SMILES string of the molecule is CCC[C@@]1(COC)CCCN1C(=O)c1ccc(C)o1. The van der Waals surface area contributed by atoms with E-state index >= 15 is 0 Å². The fraction of sp³-hybridized carbons (Fsp3) is 0.667. The lowest BCUT2D eigenvalue weighted by Crippen LogP contribution is -2.50. The molecule has 1 fully saturated rings. The molecule has 2 heterocycles. The zero-order valence-corrected chi connectivity index (χ0v) is 12.1. The van der Waals surface area contributed by atoms with Gasteiger partial charge in [-0.3, -0.25) is 4.79 Å². The van der Waals surface area contributed by atoms with Gasteiger partial charge in [-0.2, -0.15) is 0 Å². The van der Waals surface area contributed by atoms with E-state index in [1.807, 2.05) is 17.9 Å². The summed E-state index contributed by atoms with van der Waals surface area (Å²) in [5.41, 5.74) is -0.152. The molecule has 1 aromatic rings. The van der Waals surface area contributed by atoms with Crippen LogP contribution in [0.5, 0.6) is 0 Å². The molecule has 0 aromatic carbocycles. The van der Waals surface area contributed by atoms with E-state index < -0.39 is 0 Å². The van der Waals surface area contributed by atoms with Crippen molar-refractivity contribution >= 4 is 5.91 Å². The van der Waals surface area contributed by atoms with Gasteiger partial charge in [0, 0.05) is 13.7 Å². The van der Waals surface area contributed by atoms with Crippen molar-refractivity contribution in [2.45, 2.75) is 45.1 Å². The highest BCUT2D eigenvalue weighted by molar-refractivity contribution is 5.92. The number of ether oxygens (including phenoxy) is 1. The molecular weight excluding hydrogens is 242 g/mol. The minimum Gasteiger partial charge on any atom is -0.456 e. The summed E-state index contributed by atoms with van der Waals surface area (Å²) in [6, 6.07) is 3.60. The Balaban J connectivity index is 2.23. The third-order valence-corrected chi connectivity index (χ3v) is 3.92. The fourth-order valence-corrected chi connectivity index (χ4v) is 3.15. The van der Waals surface area contributed by atoms with Gasteiger partial charge in [-0.25, -0.2) is 0 Å². The van der Waals surface area contributed by atoms with Gasteiger partial charge in [-0.15, -0.1) is 0 Å². The Morgan fingerprint density at radius 3 is 2.89 bits per heavy atom. The molecule has 0 saturated carbocycles. The molecular formula is C15H23NO3. The van der Waals surface area contributed by atoms with Crippen molar-refractivity contribution in [3.05, 3.63) is 23.7 Å². The second-order valence-corrected chi connectivity index (χ2v) is 5.38. The lowest BCUT2D eigenvalue weighted by Gasteiger charge is -2.37. The normalized spacial score (nSPS) is 23.0. The number of furan rings is 1. The number of methoxy groups -OCH3 is 1. The van der Waals surface area contributed by atoms with Crippen molar-refractivity contribution in [3.63, 3.8) is 0 Å². The largest absolute Gasteiger partial charge is 0.456 e. The molecule has 1 aliphatic rings. The topological polar surface area (TPSA) is 42.7 Å². The van der Waals surface area contributed by atoms with Crippen molar-refractivity contribution in [1.29, 1.82) is 0 Å². The fourth-order valence-electron chi connectivity index (χ4n) is 3.15. The first kappa shape index (κ1) is 14.1. The summed E-state index contributed by atoms with van der Waals surface area (Å²) in [6.07, 6.45) is 4.07. The lowest BCUT2D eigenvalue weighted by atomic mass is 9.91. The van der Waals surface area contributed by atoms with E-state index in [1.54, 1.807) is 13.2 Å². The van der Waals surface area contributed by atoms with Crippen molar-refractivity contribution in [2.24, 2.45) is 0 Å². The Bertz CT molecular complexity index is 432. The van der Waals surface area contributed by atoms with Gasteiger partial charge < -0.3 is 14.1 Å². The van der Waals surface area contributed by atoms with Crippen LogP contribution in [-0.4, -0.2) is 36.6 Å². The maximum atomic E-state index is 12.6. The quantitative estimate of drug-likeness (QED) is 0.822. The van der Waals surface area contributed by atoms with E-state index in [1.165, 1.54) is 0 Å². The van der Waals surface area contributed by atoms with E-state index in [2.05, 4.69) is 6.92 Å². The molecule has 106 valence electrons. The van der Waals surface area contributed by atoms with Gasteiger partial charge in [0.05, 0.1) is 12.1 Å². The second kappa shape index (κ2) is 5.78. The van der Waals surface area contributed by atoms with Crippen LogP contribution in [-0.2, 0) is 4.74 Å². The standard InChI is InChI=1S/C15H23NO3/c1-4-8-15(11-18-3)9-5-10-16(15)14(17)13-7-6-12(2)19-13/h6-7H,4-5,8-11H2,1-3H3/t15-/m0/s1.